The smallest absolute Gasteiger partial charge is 0.240 e. The van der Waals surface area contributed by atoms with Crippen molar-refractivity contribution < 1.29 is 4.79 Å². The molecular weight excluding hydrogens is 248 g/mol. The number of carbonyl (C=O) groups excluding carboxylic acids is 1. The van der Waals surface area contributed by atoms with Crippen molar-refractivity contribution in [1.29, 1.82) is 0 Å². The van der Waals surface area contributed by atoms with Gasteiger partial charge in [0.15, 0.2) is 0 Å². The molecule has 2 atom stereocenters. The Morgan fingerprint density at radius 1 is 1.35 bits per heavy atom. The molecule has 1 fully saturated rings. The first-order valence-electron chi connectivity index (χ1n) is 7.47. The third-order valence-electron chi connectivity index (χ3n) is 4.38. The fourth-order valence-corrected chi connectivity index (χ4v) is 3.31. The molecule has 3 nitrogen and oxygen atoms in total. The fraction of sp³-hybridized carbons (Fsp3) is 0.471. The highest BCUT2D eigenvalue weighted by molar-refractivity contribution is 5.84. The van der Waals surface area contributed by atoms with Gasteiger partial charge in [-0.15, -0.1) is 0 Å². The molecule has 1 aromatic heterocycles. The summed E-state index contributed by atoms with van der Waals surface area (Å²) in [5.41, 5.74) is 2.28. The molecule has 0 saturated heterocycles. The molecule has 1 aliphatic rings. The molecule has 0 aliphatic heterocycles. The van der Waals surface area contributed by atoms with Gasteiger partial charge in [-0.3, -0.25) is 4.79 Å². The lowest BCUT2D eigenvalue weighted by molar-refractivity contribution is -0.122. The second-order valence-electron chi connectivity index (χ2n) is 6.11. The van der Waals surface area contributed by atoms with E-state index in [4.69, 9.17) is 0 Å². The Balaban J connectivity index is 1.72. The third kappa shape index (κ3) is 2.58. The first kappa shape index (κ1) is 13.2. The van der Waals surface area contributed by atoms with E-state index in [1.807, 2.05) is 12.1 Å². The van der Waals surface area contributed by atoms with Crippen LogP contribution in [0.25, 0.3) is 10.9 Å². The topological polar surface area (TPSA) is 34.0 Å². The standard InChI is InChI=1S/C17H22N2O/c1-12-7-8-15(9-12)18-17(20)11-19-13(2)10-14-5-3-4-6-16(14)19/h3-6,10,12,15H,7-9,11H2,1-2H3,(H,18,20). The minimum absolute atomic E-state index is 0.133. The van der Waals surface area contributed by atoms with Gasteiger partial charge in [0.05, 0.1) is 0 Å². The number of fused-ring (bicyclic) bond motifs is 1. The number of nitrogens with one attached hydrogen (secondary N) is 1. The molecule has 106 valence electrons. The van der Waals surface area contributed by atoms with Gasteiger partial charge >= 0.3 is 0 Å². The van der Waals surface area contributed by atoms with E-state index in [2.05, 4.69) is 41.9 Å². The highest BCUT2D eigenvalue weighted by Gasteiger charge is 2.22. The van der Waals surface area contributed by atoms with Crippen molar-refractivity contribution in [1.82, 2.24) is 9.88 Å². The number of carbonyl (C=O) groups is 1. The van der Waals surface area contributed by atoms with Crippen molar-refractivity contribution in [3.05, 3.63) is 36.0 Å². The molecule has 1 amide bonds. The van der Waals surface area contributed by atoms with Crippen LogP contribution in [0.15, 0.2) is 30.3 Å². The van der Waals surface area contributed by atoms with Crippen LogP contribution in [0.5, 0.6) is 0 Å². The first-order valence-corrected chi connectivity index (χ1v) is 7.47. The molecule has 1 N–H and O–H groups in total. The summed E-state index contributed by atoms with van der Waals surface area (Å²) < 4.78 is 2.10. The Hall–Kier alpha value is -1.77. The van der Waals surface area contributed by atoms with Crippen LogP contribution in [-0.4, -0.2) is 16.5 Å². The van der Waals surface area contributed by atoms with E-state index in [1.54, 1.807) is 0 Å². The Kier molecular flexibility index (Phi) is 3.51. The van der Waals surface area contributed by atoms with Gasteiger partial charge in [-0.05, 0) is 49.6 Å². The summed E-state index contributed by atoms with van der Waals surface area (Å²) in [5.74, 6) is 0.878. The first-order chi connectivity index (χ1) is 9.63. The number of amides is 1. The van der Waals surface area contributed by atoms with E-state index in [0.29, 0.717) is 12.6 Å². The molecule has 20 heavy (non-hydrogen) atoms. The number of rotatable bonds is 3. The van der Waals surface area contributed by atoms with Crippen LogP contribution in [-0.2, 0) is 11.3 Å². The number of para-hydroxylation sites is 1. The normalized spacial score (nSPS) is 22.3. The Labute approximate surface area is 120 Å². The molecule has 2 unspecified atom stereocenters. The summed E-state index contributed by atoms with van der Waals surface area (Å²) in [6.07, 6.45) is 3.48. The molecular formula is C17H22N2O. The molecule has 0 radical (unpaired) electrons. The quantitative estimate of drug-likeness (QED) is 0.912. The minimum atomic E-state index is 0.133. The lowest BCUT2D eigenvalue weighted by Gasteiger charge is -2.14. The van der Waals surface area contributed by atoms with Crippen molar-refractivity contribution >= 4 is 16.8 Å². The Morgan fingerprint density at radius 3 is 2.90 bits per heavy atom. The van der Waals surface area contributed by atoms with Gasteiger partial charge in [-0.25, -0.2) is 0 Å². The molecule has 3 heteroatoms. The Bertz CT molecular complexity index is 629. The van der Waals surface area contributed by atoms with Gasteiger partial charge in [0.2, 0.25) is 5.91 Å². The van der Waals surface area contributed by atoms with E-state index in [-0.39, 0.29) is 5.91 Å². The minimum Gasteiger partial charge on any atom is -0.352 e. The molecule has 0 spiro atoms. The number of hydrogen-bond acceptors (Lipinski definition) is 1. The zero-order chi connectivity index (χ0) is 14.1. The summed E-state index contributed by atoms with van der Waals surface area (Å²) in [7, 11) is 0. The van der Waals surface area contributed by atoms with Crippen molar-refractivity contribution in [3.8, 4) is 0 Å². The second-order valence-corrected chi connectivity index (χ2v) is 6.11. The predicted octanol–water partition coefficient (Wildman–Crippen LogP) is 3.25. The van der Waals surface area contributed by atoms with Crippen LogP contribution in [0.2, 0.25) is 0 Å². The second kappa shape index (κ2) is 5.31. The number of hydrogen-bond donors (Lipinski definition) is 1. The van der Waals surface area contributed by atoms with Crippen LogP contribution in [0.4, 0.5) is 0 Å². The number of benzene rings is 1. The molecule has 3 rings (SSSR count). The summed E-state index contributed by atoms with van der Waals surface area (Å²) in [4.78, 5) is 12.2. The van der Waals surface area contributed by atoms with Gasteiger partial charge < -0.3 is 9.88 Å². The van der Waals surface area contributed by atoms with Crippen LogP contribution in [0, 0.1) is 12.8 Å². The molecule has 1 heterocycles. The maximum Gasteiger partial charge on any atom is 0.240 e. The largest absolute Gasteiger partial charge is 0.352 e. The van der Waals surface area contributed by atoms with Gasteiger partial charge in [0, 0.05) is 17.3 Å². The summed E-state index contributed by atoms with van der Waals surface area (Å²) >= 11 is 0. The lowest BCUT2D eigenvalue weighted by atomic mass is 10.1. The lowest BCUT2D eigenvalue weighted by Crippen LogP contribution is -2.35. The zero-order valence-corrected chi connectivity index (χ0v) is 12.2. The van der Waals surface area contributed by atoms with E-state index in [9.17, 15) is 4.79 Å². The zero-order valence-electron chi connectivity index (χ0n) is 12.2. The van der Waals surface area contributed by atoms with Gasteiger partial charge in [-0.2, -0.15) is 0 Å². The number of nitrogens with zero attached hydrogens (tertiary/aromatic N) is 1. The average molecular weight is 270 g/mol. The van der Waals surface area contributed by atoms with E-state index in [0.717, 1.165) is 30.0 Å². The predicted molar refractivity (Wildman–Crippen MR) is 81.6 cm³/mol. The fourth-order valence-electron chi connectivity index (χ4n) is 3.31. The van der Waals surface area contributed by atoms with Crippen LogP contribution >= 0.6 is 0 Å². The summed E-state index contributed by atoms with van der Waals surface area (Å²) in [5, 5.41) is 4.38. The van der Waals surface area contributed by atoms with Crippen molar-refractivity contribution in [3.63, 3.8) is 0 Å². The number of aromatic nitrogens is 1. The van der Waals surface area contributed by atoms with Crippen LogP contribution in [0.1, 0.15) is 31.9 Å². The Morgan fingerprint density at radius 2 is 2.15 bits per heavy atom. The van der Waals surface area contributed by atoms with E-state index < -0.39 is 0 Å². The van der Waals surface area contributed by atoms with Crippen LogP contribution < -0.4 is 5.32 Å². The highest BCUT2D eigenvalue weighted by atomic mass is 16.2. The summed E-state index contributed by atoms with van der Waals surface area (Å²) in [6.45, 7) is 4.74. The van der Waals surface area contributed by atoms with Crippen molar-refractivity contribution in [2.45, 2.75) is 45.7 Å². The monoisotopic (exact) mass is 270 g/mol. The molecule has 1 aromatic carbocycles. The average Bonchev–Trinajstić information content (AvgIpc) is 2.94. The van der Waals surface area contributed by atoms with E-state index in [1.165, 1.54) is 11.8 Å². The van der Waals surface area contributed by atoms with Crippen LogP contribution in [0.3, 0.4) is 0 Å². The molecule has 1 aliphatic carbocycles. The highest BCUT2D eigenvalue weighted by Crippen LogP contribution is 2.24. The van der Waals surface area contributed by atoms with Crippen molar-refractivity contribution in [2.24, 2.45) is 5.92 Å². The third-order valence-corrected chi connectivity index (χ3v) is 4.38. The maximum absolute atomic E-state index is 12.2. The molecule has 1 saturated carbocycles. The van der Waals surface area contributed by atoms with Gasteiger partial charge in [-0.1, -0.05) is 25.1 Å². The van der Waals surface area contributed by atoms with Gasteiger partial charge in [0.25, 0.3) is 0 Å². The van der Waals surface area contributed by atoms with E-state index >= 15 is 0 Å². The van der Waals surface area contributed by atoms with Crippen molar-refractivity contribution in [2.75, 3.05) is 0 Å². The SMILES string of the molecule is Cc1cc2ccccc2n1CC(=O)NC1CCC(C)C1. The maximum atomic E-state index is 12.2. The summed E-state index contributed by atoms with van der Waals surface area (Å²) in [6, 6.07) is 10.7. The molecule has 0 bridgehead atoms. The molecule has 2 aromatic rings. The van der Waals surface area contributed by atoms with Gasteiger partial charge in [0.1, 0.15) is 6.54 Å². The number of aryl methyl sites for hydroxylation is 1.